The number of anilines is 3. The molecule has 0 aliphatic carbocycles. The van der Waals surface area contributed by atoms with Gasteiger partial charge < -0.3 is 15.5 Å². The van der Waals surface area contributed by atoms with Gasteiger partial charge in [0.2, 0.25) is 5.95 Å². The molecule has 10 heteroatoms. The number of hydrogen-bond acceptors (Lipinski definition) is 8. The van der Waals surface area contributed by atoms with Crippen molar-refractivity contribution in [1.82, 2.24) is 19.9 Å². The molecule has 6 rings (SSSR count). The van der Waals surface area contributed by atoms with Gasteiger partial charge in [0.15, 0.2) is 9.84 Å². The third kappa shape index (κ3) is 6.08. The van der Waals surface area contributed by atoms with E-state index in [2.05, 4.69) is 39.6 Å². The Hall–Kier alpha value is -4.54. The molecule has 5 aromatic rings. The van der Waals surface area contributed by atoms with Crippen molar-refractivity contribution in [3.05, 3.63) is 106 Å². The summed E-state index contributed by atoms with van der Waals surface area (Å²) in [6.45, 7) is 11.5. The number of piperazine rings is 1. The smallest absolute Gasteiger partial charge is 0.260 e. The van der Waals surface area contributed by atoms with Gasteiger partial charge >= 0.3 is 0 Å². The van der Waals surface area contributed by atoms with E-state index < -0.39 is 15.1 Å². The lowest BCUT2D eigenvalue weighted by Crippen LogP contribution is -2.43. The largest absolute Gasteiger partial charge is 0.369 e. The Morgan fingerprint density at radius 2 is 1.64 bits per heavy atom. The Balaban J connectivity index is 1.46. The van der Waals surface area contributed by atoms with E-state index in [4.69, 9.17) is 4.98 Å². The summed E-state index contributed by atoms with van der Waals surface area (Å²) in [5.41, 5.74) is 6.02. The normalized spacial score (nSPS) is 13.8. The number of sulfone groups is 1. The van der Waals surface area contributed by atoms with Gasteiger partial charge in [-0.25, -0.2) is 13.4 Å². The predicted octanol–water partition coefficient (Wildman–Crippen LogP) is 5.46. The molecule has 45 heavy (non-hydrogen) atoms. The number of benzene rings is 3. The van der Waals surface area contributed by atoms with Gasteiger partial charge in [-0.15, -0.1) is 0 Å². The Morgan fingerprint density at radius 3 is 2.38 bits per heavy atom. The van der Waals surface area contributed by atoms with Crippen LogP contribution < -0.4 is 21.1 Å². The third-order valence-corrected chi connectivity index (χ3v) is 10.6. The number of aromatic nitrogens is 3. The van der Waals surface area contributed by atoms with Gasteiger partial charge in [0.1, 0.15) is 5.65 Å². The van der Waals surface area contributed by atoms with Crippen molar-refractivity contribution in [3.63, 3.8) is 0 Å². The lowest BCUT2D eigenvalue weighted by atomic mass is 10.0. The van der Waals surface area contributed by atoms with E-state index in [0.29, 0.717) is 28.1 Å². The first kappa shape index (κ1) is 30.5. The van der Waals surface area contributed by atoms with Crippen LogP contribution in [0.5, 0.6) is 0 Å². The summed E-state index contributed by atoms with van der Waals surface area (Å²) in [5.74, 6) is 0.366. The zero-order chi connectivity index (χ0) is 31.7. The Bertz CT molecular complexity index is 2050. The van der Waals surface area contributed by atoms with E-state index in [1.165, 1.54) is 5.69 Å². The Morgan fingerprint density at radius 1 is 0.911 bits per heavy atom. The van der Waals surface area contributed by atoms with Gasteiger partial charge in [0, 0.05) is 60.3 Å². The molecule has 1 fully saturated rings. The maximum Gasteiger partial charge on any atom is 0.260 e. The minimum absolute atomic E-state index is 0.137. The molecule has 2 aromatic heterocycles. The number of hydrogen-bond donors (Lipinski definition) is 2. The van der Waals surface area contributed by atoms with Gasteiger partial charge in [-0.3, -0.25) is 9.36 Å². The Labute approximate surface area is 263 Å². The molecule has 1 aliphatic rings. The highest BCUT2D eigenvalue weighted by atomic mass is 32.2. The topological polar surface area (TPSA) is 109 Å². The predicted molar refractivity (Wildman–Crippen MR) is 181 cm³/mol. The van der Waals surface area contributed by atoms with Crippen LogP contribution in [0.25, 0.3) is 22.2 Å². The quantitative estimate of drug-likeness (QED) is 0.235. The van der Waals surface area contributed by atoms with Gasteiger partial charge in [-0.2, -0.15) is 4.98 Å². The van der Waals surface area contributed by atoms with Crippen LogP contribution in [-0.2, 0) is 16.4 Å². The zero-order valence-electron chi connectivity index (χ0n) is 26.0. The molecule has 0 atom stereocenters. The fraction of sp³-hybridized carbons (Fsp3) is 0.286. The summed E-state index contributed by atoms with van der Waals surface area (Å²) >= 11 is 0. The standard InChI is InChI=1S/C35H38N6O3S/c1-23(2)45(43,44)32-12-8-7-11-29(32)30-20-27-21-37-35(38-28-13-14-31(25(4)19-28)40-17-15-36-16-18-40)39-33(27)41(34(30)42)22-26-10-6-5-9-24(26)3/h5-14,19-21,23,36H,15-18,22H2,1-4H3,(H,37,38,39). The van der Waals surface area contributed by atoms with Crippen molar-refractivity contribution in [2.75, 3.05) is 36.4 Å². The van der Waals surface area contributed by atoms with Crippen molar-refractivity contribution in [2.24, 2.45) is 0 Å². The fourth-order valence-corrected chi connectivity index (χ4v) is 7.09. The van der Waals surface area contributed by atoms with E-state index in [0.717, 1.165) is 48.6 Å². The van der Waals surface area contributed by atoms with Gasteiger partial charge in [0.05, 0.1) is 16.7 Å². The molecular formula is C35H38N6O3S. The van der Waals surface area contributed by atoms with Crippen LogP contribution in [0, 0.1) is 13.8 Å². The molecule has 0 saturated carbocycles. The summed E-state index contributed by atoms with van der Waals surface area (Å²) in [7, 11) is -3.66. The first-order valence-corrected chi connectivity index (χ1v) is 16.8. The first-order valence-electron chi connectivity index (χ1n) is 15.2. The van der Waals surface area contributed by atoms with Crippen molar-refractivity contribution in [2.45, 2.75) is 44.4 Å². The fourth-order valence-electron chi connectivity index (χ4n) is 5.83. The van der Waals surface area contributed by atoms with Crippen LogP contribution in [0.2, 0.25) is 0 Å². The molecule has 3 heterocycles. The molecule has 0 bridgehead atoms. The summed E-state index contributed by atoms with van der Waals surface area (Å²) < 4.78 is 28.3. The lowest BCUT2D eigenvalue weighted by molar-refractivity contribution is 0.587. The second-order valence-corrected chi connectivity index (χ2v) is 14.3. The summed E-state index contributed by atoms with van der Waals surface area (Å²) in [6.07, 6.45) is 1.68. The van der Waals surface area contributed by atoms with E-state index in [9.17, 15) is 13.2 Å². The highest BCUT2D eigenvalue weighted by molar-refractivity contribution is 7.92. The van der Waals surface area contributed by atoms with E-state index >= 15 is 0 Å². The van der Waals surface area contributed by atoms with Crippen molar-refractivity contribution in [3.8, 4) is 11.1 Å². The second-order valence-electron chi connectivity index (χ2n) is 11.8. The van der Waals surface area contributed by atoms with Crippen molar-refractivity contribution in [1.29, 1.82) is 0 Å². The molecule has 3 aromatic carbocycles. The molecule has 0 unspecified atom stereocenters. The van der Waals surface area contributed by atoms with Crippen LogP contribution >= 0.6 is 0 Å². The number of rotatable bonds is 8. The summed E-state index contributed by atoms with van der Waals surface area (Å²) in [5, 5.41) is 6.71. The number of nitrogens with one attached hydrogen (secondary N) is 2. The first-order chi connectivity index (χ1) is 21.6. The van der Waals surface area contributed by atoms with Crippen molar-refractivity contribution < 1.29 is 8.42 Å². The number of nitrogens with zero attached hydrogens (tertiary/aromatic N) is 4. The molecule has 0 radical (unpaired) electrons. The average molecular weight is 623 g/mol. The van der Waals surface area contributed by atoms with Gasteiger partial charge in [0.25, 0.3) is 5.56 Å². The SMILES string of the molecule is Cc1ccccc1Cn1c(=O)c(-c2ccccc2S(=O)(=O)C(C)C)cc2cnc(Nc3ccc(N4CCNCC4)c(C)c3)nc21. The minimum Gasteiger partial charge on any atom is -0.369 e. The van der Waals surface area contributed by atoms with Crippen LogP contribution in [0.1, 0.15) is 30.5 Å². The Kier molecular flexibility index (Phi) is 8.44. The third-order valence-electron chi connectivity index (χ3n) is 8.43. The summed E-state index contributed by atoms with van der Waals surface area (Å²) in [6, 6.07) is 22.5. The molecule has 9 nitrogen and oxygen atoms in total. The average Bonchev–Trinajstić information content (AvgIpc) is 3.03. The lowest BCUT2D eigenvalue weighted by Gasteiger charge is -2.30. The van der Waals surface area contributed by atoms with Gasteiger partial charge in [-0.1, -0.05) is 42.5 Å². The van der Waals surface area contributed by atoms with Gasteiger partial charge in [-0.05, 0) is 74.7 Å². The molecule has 2 N–H and O–H groups in total. The maximum absolute atomic E-state index is 14.3. The molecule has 232 valence electrons. The summed E-state index contributed by atoms with van der Waals surface area (Å²) in [4.78, 5) is 26.3. The zero-order valence-corrected chi connectivity index (χ0v) is 26.9. The molecular weight excluding hydrogens is 584 g/mol. The number of fused-ring (bicyclic) bond motifs is 1. The molecule has 1 aliphatic heterocycles. The van der Waals surface area contributed by atoms with E-state index in [1.54, 1.807) is 54.9 Å². The second kappa shape index (κ2) is 12.5. The highest BCUT2D eigenvalue weighted by Crippen LogP contribution is 2.30. The maximum atomic E-state index is 14.3. The highest BCUT2D eigenvalue weighted by Gasteiger charge is 2.25. The minimum atomic E-state index is -3.66. The van der Waals surface area contributed by atoms with Crippen molar-refractivity contribution >= 4 is 38.2 Å². The molecule has 1 saturated heterocycles. The number of pyridine rings is 1. The van der Waals surface area contributed by atoms with Crippen LogP contribution in [-0.4, -0.2) is 54.4 Å². The van der Waals surface area contributed by atoms with E-state index in [-0.39, 0.29) is 17.0 Å². The van der Waals surface area contributed by atoms with Crippen LogP contribution in [0.15, 0.2) is 88.7 Å². The molecule has 0 spiro atoms. The monoisotopic (exact) mass is 622 g/mol. The van der Waals surface area contributed by atoms with E-state index in [1.807, 2.05) is 37.3 Å². The molecule has 0 amide bonds. The van der Waals surface area contributed by atoms with Crippen LogP contribution in [0.4, 0.5) is 17.3 Å². The van der Waals surface area contributed by atoms with Crippen LogP contribution in [0.3, 0.4) is 0 Å². The number of aryl methyl sites for hydroxylation is 2.